The van der Waals surface area contributed by atoms with E-state index < -0.39 is 0 Å². The first-order chi connectivity index (χ1) is 10.2. The third kappa shape index (κ3) is 4.36. The molecule has 2 aromatic rings. The molecule has 0 bridgehead atoms. The number of benzene rings is 1. The van der Waals surface area contributed by atoms with Crippen LogP contribution in [0, 0.1) is 0 Å². The Balaban J connectivity index is 2.35. The van der Waals surface area contributed by atoms with Crippen LogP contribution in [0.3, 0.4) is 0 Å². The summed E-state index contributed by atoms with van der Waals surface area (Å²) in [7, 11) is 0. The molecule has 5 heteroatoms. The molecule has 0 aliphatic rings. The number of hydrogen-bond acceptors (Lipinski definition) is 3. The Bertz CT molecular complexity index is 585. The number of nitrogens with one attached hydrogen (secondary N) is 1. The quantitative estimate of drug-likeness (QED) is 0.712. The van der Waals surface area contributed by atoms with Crippen LogP contribution in [0.1, 0.15) is 37.4 Å². The molecule has 1 atom stereocenters. The van der Waals surface area contributed by atoms with E-state index in [1.165, 1.54) is 11.3 Å². The molecule has 21 heavy (non-hydrogen) atoms. The summed E-state index contributed by atoms with van der Waals surface area (Å²) in [4.78, 5) is 0. The zero-order valence-electron chi connectivity index (χ0n) is 12.2. The summed E-state index contributed by atoms with van der Waals surface area (Å²) in [6, 6.07) is 10.1. The van der Waals surface area contributed by atoms with E-state index in [1.54, 1.807) is 0 Å². The topological polar surface area (TPSA) is 21.3 Å². The zero-order valence-corrected chi connectivity index (χ0v) is 14.5. The molecule has 0 saturated heterocycles. The van der Waals surface area contributed by atoms with Crippen LogP contribution in [0.5, 0.6) is 5.75 Å². The van der Waals surface area contributed by atoms with Gasteiger partial charge in [0.1, 0.15) is 5.75 Å². The van der Waals surface area contributed by atoms with Gasteiger partial charge in [-0.05, 0) is 43.7 Å². The van der Waals surface area contributed by atoms with Gasteiger partial charge >= 0.3 is 0 Å². The second kappa shape index (κ2) is 8.04. The van der Waals surface area contributed by atoms with Crippen molar-refractivity contribution in [2.75, 3.05) is 13.2 Å². The van der Waals surface area contributed by atoms with Crippen LogP contribution in [-0.2, 0) is 0 Å². The van der Waals surface area contributed by atoms with E-state index in [4.69, 9.17) is 27.9 Å². The van der Waals surface area contributed by atoms with E-state index in [1.807, 2.05) is 25.1 Å². The van der Waals surface area contributed by atoms with Crippen LogP contribution in [-0.4, -0.2) is 13.2 Å². The minimum Gasteiger partial charge on any atom is -0.494 e. The molecule has 0 radical (unpaired) electrons. The van der Waals surface area contributed by atoms with E-state index in [-0.39, 0.29) is 6.04 Å². The van der Waals surface area contributed by atoms with E-state index in [0.717, 1.165) is 34.2 Å². The lowest BCUT2D eigenvalue weighted by atomic mass is 10.0. The second-order valence-electron chi connectivity index (χ2n) is 4.67. The molecular weight excluding hydrogens is 325 g/mol. The summed E-state index contributed by atoms with van der Waals surface area (Å²) in [5, 5.41) is 3.53. The molecule has 0 spiro atoms. The number of hydrogen-bond donors (Lipinski definition) is 1. The Kier molecular flexibility index (Phi) is 6.37. The molecule has 1 unspecified atom stereocenters. The molecule has 1 aromatic carbocycles. The molecule has 1 aromatic heterocycles. The molecule has 1 N–H and O–H groups in total. The number of ether oxygens (including phenoxy) is 1. The van der Waals surface area contributed by atoms with Gasteiger partial charge < -0.3 is 10.1 Å². The largest absolute Gasteiger partial charge is 0.494 e. The minimum absolute atomic E-state index is 0.0293. The van der Waals surface area contributed by atoms with Crippen molar-refractivity contribution < 1.29 is 4.74 Å². The van der Waals surface area contributed by atoms with Crippen LogP contribution < -0.4 is 10.1 Å². The lowest BCUT2D eigenvalue weighted by molar-refractivity contribution is 0.339. The first-order valence-corrected chi connectivity index (χ1v) is 8.63. The number of thiophene rings is 1. The van der Waals surface area contributed by atoms with E-state index >= 15 is 0 Å². The molecule has 0 fully saturated rings. The fraction of sp³-hybridized carbons (Fsp3) is 0.375. The first kappa shape index (κ1) is 16.6. The van der Waals surface area contributed by atoms with Gasteiger partial charge in [0.15, 0.2) is 0 Å². The fourth-order valence-corrected chi connectivity index (χ4v) is 3.73. The molecule has 0 saturated carbocycles. The third-order valence-corrected chi connectivity index (χ3v) is 4.61. The SMILES string of the molecule is CCCNC(c1cccc(OCC)c1)c1cc(Cl)sc1Cl. The van der Waals surface area contributed by atoms with E-state index in [2.05, 4.69) is 24.4 Å². The Hall–Kier alpha value is -0.740. The second-order valence-corrected chi connectivity index (χ2v) is 6.96. The number of halogens is 2. The van der Waals surface area contributed by atoms with Crippen molar-refractivity contribution in [1.82, 2.24) is 5.32 Å². The minimum atomic E-state index is 0.0293. The maximum absolute atomic E-state index is 6.33. The molecule has 114 valence electrons. The van der Waals surface area contributed by atoms with Gasteiger partial charge in [-0.2, -0.15) is 0 Å². The Morgan fingerprint density at radius 3 is 2.67 bits per heavy atom. The van der Waals surface area contributed by atoms with Crippen LogP contribution in [0.4, 0.5) is 0 Å². The van der Waals surface area contributed by atoms with Crippen LogP contribution >= 0.6 is 34.5 Å². The molecule has 0 aliphatic heterocycles. The highest BCUT2D eigenvalue weighted by molar-refractivity contribution is 7.20. The lowest BCUT2D eigenvalue weighted by Gasteiger charge is -2.19. The van der Waals surface area contributed by atoms with Gasteiger partial charge in [-0.1, -0.05) is 42.3 Å². The summed E-state index contributed by atoms with van der Waals surface area (Å²) in [5.74, 6) is 0.871. The summed E-state index contributed by atoms with van der Waals surface area (Å²) in [6.07, 6.45) is 1.05. The summed E-state index contributed by atoms with van der Waals surface area (Å²) in [5.41, 5.74) is 2.15. The maximum Gasteiger partial charge on any atom is 0.119 e. The maximum atomic E-state index is 6.33. The predicted molar refractivity (Wildman–Crippen MR) is 92.1 cm³/mol. The van der Waals surface area contributed by atoms with E-state index in [0.29, 0.717) is 10.9 Å². The molecule has 1 heterocycles. The molecule has 2 rings (SSSR count). The van der Waals surface area contributed by atoms with Crippen LogP contribution in [0.15, 0.2) is 30.3 Å². The standard InChI is InChI=1S/C16H19Cl2NOS/c1-3-8-19-15(13-10-14(17)21-16(13)18)11-6-5-7-12(9-11)20-4-2/h5-7,9-10,15,19H,3-4,8H2,1-2H3. The molecule has 2 nitrogen and oxygen atoms in total. The third-order valence-electron chi connectivity index (χ3n) is 3.09. The highest BCUT2D eigenvalue weighted by atomic mass is 35.5. The van der Waals surface area contributed by atoms with Gasteiger partial charge in [0, 0.05) is 5.56 Å². The highest BCUT2D eigenvalue weighted by Crippen LogP contribution is 2.38. The molecule has 0 amide bonds. The summed E-state index contributed by atoms with van der Waals surface area (Å²) >= 11 is 13.8. The van der Waals surface area contributed by atoms with E-state index in [9.17, 15) is 0 Å². The fourth-order valence-electron chi connectivity index (χ4n) is 2.20. The highest BCUT2D eigenvalue weighted by Gasteiger charge is 2.19. The van der Waals surface area contributed by atoms with Gasteiger partial charge in [0.05, 0.1) is 21.3 Å². The van der Waals surface area contributed by atoms with Crippen molar-refractivity contribution in [3.63, 3.8) is 0 Å². The van der Waals surface area contributed by atoms with Gasteiger partial charge in [0.2, 0.25) is 0 Å². The van der Waals surface area contributed by atoms with Crippen molar-refractivity contribution in [2.24, 2.45) is 0 Å². The first-order valence-electron chi connectivity index (χ1n) is 7.06. The molecule has 0 aliphatic carbocycles. The lowest BCUT2D eigenvalue weighted by Crippen LogP contribution is -2.23. The van der Waals surface area contributed by atoms with Gasteiger partial charge in [-0.3, -0.25) is 0 Å². The zero-order chi connectivity index (χ0) is 15.2. The van der Waals surface area contributed by atoms with Crippen LogP contribution in [0.25, 0.3) is 0 Å². The normalized spacial score (nSPS) is 12.4. The van der Waals surface area contributed by atoms with Crippen LogP contribution in [0.2, 0.25) is 8.67 Å². The Morgan fingerprint density at radius 1 is 1.24 bits per heavy atom. The monoisotopic (exact) mass is 343 g/mol. The summed E-state index contributed by atoms with van der Waals surface area (Å²) in [6.45, 7) is 5.69. The van der Waals surface area contributed by atoms with Gasteiger partial charge in [-0.15, -0.1) is 11.3 Å². The molecular formula is C16H19Cl2NOS. The van der Waals surface area contributed by atoms with Crippen molar-refractivity contribution in [3.8, 4) is 5.75 Å². The van der Waals surface area contributed by atoms with Crippen molar-refractivity contribution >= 4 is 34.5 Å². The predicted octanol–water partition coefficient (Wildman–Crippen LogP) is 5.54. The number of rotatable bonds is 7. The Morgan fingerprint density at radius 2 is 2.05 bits per heavy atom. The average molecular weight is 344 g/mol. The van der Waals surface area contributed by atoms with Gasteiger partial charge in [0.25, 0.3) is 0 Å². The summed E-state index contributed by atoms with van der Waals surface area (Å²) < 4.78 is 7.03. The van der Waals surface area contributed by atoms with Gasteiger partial charge in [-0.25, -0.2) is 0 Å². The smallest absolute Gasteiger partial charge is 0.119 e. The van der Waals surface area contributed by atoms with Crippen molar-refractivity contribution in [3.05, 3.63) is 50.1 Å². The van der Waals surface area contributed by atoms with Crippen molar-refractivity contribution in [1.29, 1.82) is 0 Å². The van der Waals surface area contributed by atoms with Crippen molar-refractivity contribution in [2.45, 2.75) is 26.3 Å². The average Bonchev–Trinajstić information content (AvgIpc) is 2.79. The Labute approximate surface area is 140 Å².